The van der Waals surface area contributed by atoms with Gasteiger partial charge < -0.3 is 9.84 Å². The Balaban J connectivity index is 2.71. The smallest absolute Gasteiger partial charge is 0.0801 e. The monoisotopic (exact) mass is 348 g/mol. The molecule has 0 spiro atoms. The minimum Gasteiger partial charge on any atom is -0.388 e. The summed E-state index contributed by atoms with van der Waals surface area (Å²) in [5, 5.41) is 10.2. The molecule has 0 aliphatic heterocycles. The van der Waals surface area contributed by atoms with E-state index >= 15 is 0 Å². The molecule has 0 aromatic heterocycles. The van der Waals surface area contributed by atoms with Crippen LogP contribution in [0.25, 0.3) is 0 Å². The maximum absolute atomic E-state index is 10.2. The molecule has 0 saturated carbocycles. The van der Waals surface area contributed by atoms with Crippen molar-refractivity contribution in [3.8, 4) is 0 Å². The van der Waals surface area contributed by atoms with E-state index in [1.54, 1.807) is 7.11 Å². The summed E-state index contributed by atoms with van der Waals surface area (Å²) in [5.41, 5.74) is 2.07. The van der Waals surface area contributed by atoms with Crippen molar-refractivity contribution in [2.75, 3.05) is 7.11 Å². The molecule has 0 fully saturated rings. The fraction of sp³-hybridized carbons (Fsp3) is 0.571. The van der Waals surface area contributed by atoms with Crippen molar-refractivity contribution in [2.24, 2.45) is 0 Å². The summed E-state index contributed by atoms with van der Waals surface area (Å²) in [7, 11) is 1.71. The standard InChI is InChI=1S/C14H21IO2/c1-10-6-5-7-11(13(10)15)12(16)8-9-14(2,3)17-4/h5-7,12,16H,8-9H2,1-4H3. The molecule has 1 aromatic carbocycles. The molecule has 1 aromatic rings. The summed E-state index contributed by atoms with van der Waals surface area (Å²) in [6, 6.07) is 6.06. The average molecular weight is 348 g/mol. The fourth-order valence-electron chi connectivity index (χ4n) is 1.67. The Morgan fingerprint density at radius 3 is 2.65 bits per heavy atom. The van der Waals surface area contributed by atoms with E-state index in [1.165, 1.54) is 5.56 Å². The molecule has 96 valence electrons. The molecule has 0 amide bonds. The first-order chi connectivity index (χ1) is 7.87. The highest BCUT2D eigenvalue weighted by Gasteiger charge is 2.20. The fourth-order valence-corrected chi connectivity index (χ4v) is 2.39. The molecule has 0 radical (unpaired) electrons. The SMILES string of the molecule is COC(C)(C)CCC(O)c1cccc(C)c1I. The van der Waals surface area contributed by atoms with E-state index < -0.39 is 6.10 Å². The van der Waals surface area contributed by atoms with Crippen LogP contribution in [0.1, 0.15) is 43.9 Å². The van der Waals surface area contributed by atoms with Crippen molar-refractivity contribution in [3.05, 3.63) is 32.9 Å². The van der Waals surface area contributed by atoms with E-state index in [4.69, 9.17) is 4.74 Å². The van der Waals surface area contributed by atoms with Crippen molar-refractivity contribution in [1.29, 1.82) is 0 Å². The van der Waals surface area contributed by atoms with Gasteiger partial charge in [0.25, 0.3) is 0 Å². The molecular formula is C14H21IO2. The lowest BCUT2D eigenvalue weighted by Gasteiger charge is -2.24. The number of halogens is 1. The van der Waals surface area contributed by atoms with Gasteiger partial charge in [-0.3, -0.25) is 0 Å². The normalized spacial score (nSPS) is 13.8. The van der Waals surface area contributed by atoms with Crippen LogP contribution in [0.2, 0.25) is 0 Å². The molecule has 1 rings (SSSR count). The first kappa shape index (κ1) is 14.9. The summed E-state index contributed by atoms with van der Waals surface area (Å²) >= 11 is 2.30. The maximum atomic E-state index is 10.2. The zero-order valence-corrected chi connectivity index (χ0v) is 13.1. The highest BCUT2D eigenvalue weighted by molar-refractivity contribution is 14.1. The Morgan fingerprint density at radius 1 is 1.41 bits per heavy atom. The van der Waals surface area contributed by atoms with Crippen LogP contribution < -0.4 is 0 Å². The van der Waals surface area contributed by atoms with Gasteiger partial charge in [0.1, 0.15) is 0 Å². The highest BCUT2D eigenvalue weighted by atomic mass is 127. The number of benzene rings is 1. The third kappa shape index (κ3) is 4.23. The molecule has 0 bridgehead atoms. The second-order valence-corrected chi connectivity index (χ2v) is 6.08. The predicted octanol–water partition coefficient (Wildman–Crippen LogP) is 3.84. The van der Waals surface area contributed by atoms with Gasteiger partial charge in [-0.15, -0.1) is 0 Å². The lowest BCUT2D eigenvalue weighted by atomic mass is 9.96. The van der Waals surface area contributed by atoms with Crippen molar-refractivity contribution >= 4 is 22.6 Å². The molecule has 3 heteroatoms. The second-order valence-electron chi connectivity index (χ2n) is 5.00. The van der Waals surface area contributed by atoms with Gasteiger partial charge in [0.15, 0.2) is 0 Å². The first-order valence-electron chi connectivity index (χ1n) is 5.85. The number of rotatable bonds is 5. The molecule has 1 atom stereocenters. The first-order valence-corrected chi connectivity index (χ1v) is 6.93. The summed E-state index contributed by atoms with van der Waals surface area (Å²) in [4.78, 5) is 0. The van der Waals surface area contributed by atoms with Gasteiger partial charge in [-0.2, -0.15) is 0 Å². The molecule has 2 nitrogen and oxygen atoms in total. The van der Waals surface area contributed by atoms with E-state index in [0.717, 1.165) is 22.0 Å². The van der Waals surface area contributed by atoms with Crippen molar-refractivity contribution in [3.63, 3.8) is 0 Å². The number of methoxy groups -OCH3 is 1. The third-order valence-electron chi connectivity index (χ3n) is 3.15. The molecule has 17 heavy (non-hydrogen) atoms. The summed E-state index contributed by atoms with van der Waals surface area (Å²) < 4.78 is 6.52. The number of aliphatic hydroxyl groups excluding tert-OH is 1. The van der Waals surface area contributed by atoms with Crippen molar-refractivity contribution in [2.45, 2.75) is 45.3 Å². The van der Waals surface area contributed by atoms with Crippen LogP contribution in [-0.4, -0.2) is 17.8 Å². The van der Waals surface area contributed by atoms with Crippen LogP contribution in [0, 0.1) is 10.5 Å². The number of hydrogen-bond acceptors (Lipinski definition) is 2. The summed E-state index contributed by atoms with van der Waals surface area (Å²) in [6.07, 6.45) is 1.16. The van der Waals surface area contributed by atoms with Crippen molar-refractivity contribution in [1.82, 2.24) is 0 Å². The van der Waals surface area contributed by atoms with E-state index in [9.17, 15) is 5.11 Å². The predicted molar refractivity (Wildman–Crippen MR) is 79.2 cm³/mol. The Morgan fingerprint density at radius 2 is 2.06 bits per heavy atom. The topological polar surface area (TPSA) is 29.5 Å². The van der Waals surface area contributed by atoms with Crippen LogP contribution in [-0.2, 0) is 4.74 Å². The Hall–Kier alpha value is -0.130. The molecule has 1 unspecified atom stereocenters. The van der Waals surface area contributed by atoms with Gasteiger partial charge in [-0.1, -0.05) is 18.2 Å². The number of hydrogen-bond donors (Lipinski definition) is 1. The van der Waals surface area contributed by atoms with Crippen LogP contribution in [0.5, 0.6) is 0 Å². The Labute approximate surface area is 118 Å². The van der Waals surface area contributed by atoms with Gasteiger partial charge in [0.2, 0.25) is 0 Å². The zero-order chi connectivity index (χ0) is 13.1. The summed E-state index contributed by atoms with van der Waals surface area (Å²) in [6.45, 7) is 6.15. The quantitative estimate of drug-likeness (QED) is 0.820. The van der Waals surface area contributed by atoms with Gasteiger partial charge >= 0.3 is 0 Å². The molecule has 1 N–H and O–H groups in total. The highest BCUT2D eigenvalue weighted by Crippen LogP contribution is 2.28. The van der Waals surface area contributed by atoms with Gasteiger partial charge in [-0.25, -0.2) is 0 Å². The molecule has 0 aliphatic carbocycles. The largest absolute Gasteiger partial charge is 0.388 e. The Bertz CT molecular complexity index is 374. The third-order valence-corrected chi connectivity index (χ3v) is 4.63. The molecule has 0 saturated heterocycles. The second kappa shape index (κ2) is 6.16. The van der Waals surface area contributed by atoms with Gasteiger partial charge in [-0.05, 0) is 67.3 Å². The molecular weight excluding hydrogens is 327 g/mol. The molecule has 0 heterocycles. The zero-order valence-electron chi connectivity index (χ0n) is 11.0. The van der Waals surface area contributed by atoms with Crippen LogP contribution >= 0.6 is 22.6 Å². The van der Waals surface area contributed by atoms with E-state index in [2.05, 4.69) is 35.6 Å². The number of aliphatic hydroxyl groups is 1. The van der Waals surface area contributed by atoms with E-state index in [0.29, 0.717) is 0 Å². The van der Waals surface area contributed by atoms with Gasteiger partial charge in [0.05, 0.1) is 11.7 Å². The average Bonchev–Trinajstić information content (AvgIpc) is 2.30. The lowest BCUT2D eigenvalue weighted by molar-refractivity contribution is 0.00271. The van der Waals surface area contributed by atoms with E-state index in [-0.39, 0.29) is 5.60 Å². The van der Waals surface area contributed by atoms with Gasteiger partial charge in [0, 0.05) is 10.7 Å². The minimum atomic E-state index is -0.406. The van der Waals surface area contributed by atoms with Crippen LogP contribution in [0.3, 0.4) is 0 Å². The van der Waals surface area contributed by atoms with Crippen LogP contribution in [0.15, 0.2) is 18.2 Å². The number of ether oxygens (including phenoxy) is 1. The van der Waals surface area contributed by atoms with Crippen molar-refractivity contribution < 1.29 is 9.84 Å². The van der Waals surface area contributed by atoms with E-state index in [1.807, 2.05) is 26.0 Å². The summed E-state index contributed by atoms with van der Waals surface area (Å²) in [5.74, 6) is 0. The minimum absolute atomic E-state index is 0.170. The maximum Gasteiger partial charge on any atom is 0.0801 e. The Kier molecular flexibility index (Phi) is 5.41. The molecule has 0 aliphatic rings. The van der Waals surface area contributed by atoms with Crippen LogP contribution in [0.4, 0.5) is 0 Å². The lowest BCUT2D eigenvalue weighted by Crippen LogP contribution is -2.23. The number of aryl methyl sites for hydroxylation is 1.